The van der Waals surface area contributed by atoms with Gasteiger partial charge in [0.25, 0.3) is 0 Å². The van der Waals surface area contributed by atoms with Gasteiger partial charge in [0, 0.05) is 58.3 Å². The van der Waals surface area contributed by atoms with Gasteiger partial charge in [-0.3, -0.25) is 14.5 Å². The summed E-state index contributed by atoms with van der Waals surface area (Å²) in [7, 11) is 4.03. The van der Waals surface area contributed by atoms with E-state index in [1.165, 1.54) is 12.8 Å². The highest BCUT2D eigenvalue weighted by Crippen LogP contribution is 2.13. The Morgan fingerprint density at radius 3 is 1.69 bits per heavy atom. The van der Waals surface area contributed by atoms with E-state index in [1.807, 2.05) is 38.9 Å². The fourth-order valence-electron chi connectivity index (χ4n) is 5.32. The molecular formula is C33H54N8O8. The molecule has 0 spiro atoms. The van der Waals surface area contributed by atoms with E-state index in [0.29, 0.717) is 25.8 Å². The predicted molar refractivity (Wildman–Crippen MR) is 180 cm³/mol. The minimum absolute atomic E-state index is 0.0472. The summed E-state index contributed by atoms with van der Waals surface area (Å²) in [5.41, 5.74) is 0. The van der Waals surface area contributed by atoms with E-state index >= 15 is 0 Å². The number of aromatic nitrogens is 4. The minimum atomic E-state index is -1.46. The summed E-state index contributed by atoms with van der Waals surface area (Å²) >= 11 is 0. The Balaban J connectivity index is 1.50. The highest BCUT2D eigenvalue weighted by molar-refractivity contribution is 5.86. The molecule has 0 bridgehead atoms. The number of imidazole rings is 2. The van der Waals surface area contributed by atoms with Gasteiger partial charge in [-0.2, -0.15) is 0 Å². The average molecular weight is 691 g/mol. The Labute approximate surface area is 287 Å². The van der Waals surface area contributed by atoms with Crippen molar-refractivity contribution in [1.82, 2.24) is 40.0 Å². The largest absolute Gasteiger partial charge is 0.481 e. The molecule has 2 aromatic heterocycles. The highest BCUT2D eigenvalue weighted by atomic mass is 16.4. The maximum absolute atomic E-state index is 12.2. The van der Waals surface area contributed by atoms with Gasteiger partial charge >= 0.3 is 23.9 Å². The van der Waals surface area contributed by atoms with Crippen molar-refractivity contribution in [3.63, 3.8) is 0 Å². The van der Waals surface area contributed by atoms with Crippen molar-refractivity contribution in [2.45, 2.75) is 115 Å². The normalized spacial score (nSPS) is 12.4. The van der Waals surface area contributed by atoms with Crippen LogP contribution in [-0.2, 0) is 46.4 Å². The number of unbranched alkanes of at least 4 members (excludes halogenated alkanes) is 8. The van der Waals surface area contributed by atoms with Crippen molar-refractivity contribution in [1.29, 1.82) is 0 Å². The molecule has 274 valence electrons. The van der Waals surface area contributed by atoms with Crippen molar-refractivity contribution >= 4 is 29.8 Å². The van der Waals surface area contributed by atoms with Crippen LogP contribution >= 0.6 is 0 Å². The Hall–Kier alpha value is -4.47. The number of hydrogen-bond donors (Lipinski definition) is 6. The van der Waals surface area contributed by atoms with Crippen LogP contribution in [0.3, 0.4) is 0 Å². The zero-order valence-electron chi connectivity index (χ0n) is 28.8. The molecule has 0 radical (unpaired) electrons. The van der Waals surface area contributed by atoms with Crippen LogP contribution in [0.4, 0.5) is 4.79 Å². The van der Waals surface area contributed by atoms with Crippen molar-refractivity contribution in [3.05, 3.63) is 36.4 Å². The molecular weight excluding hydrogens is 636 g/mol. The molecule has 16 nitrogen and oxygen atoms in total. The van der Waals surface area contributed by atoms with Gasteiger partial charge in [-0.15, -0.1) is 0 Å². The van der Waals surface area contributed by atoms with Gasteiger partial charge in [0.1, 0.15) is 23.7 Å². The summed E-state index contributed by atoms with van der Waals surface area (Å²) < 4.78 is 4.11. The number of amides is 3. The number of nitrogens with zero attached hydrogens (tertiary/aromatic N) is 5. The zero-order chi connectivity index (χ0) is 36.0. The number of rotatable bonds is 27. The van der Waals surface area contributed by atoms with Crippen LogP contribution in [0.5, 0.6) is 0 Å². The molecule has 0 aliphatic carbocycles. The van der Waals surface area contributed by atoms with Crippen LogP contribution in [0.1, 0.15) is 102 Å². The Morgan fingerprint density at radius 2 is 1.20 bits per heavy atom. The Kier molecular flexibility index (Phi) is 19.1. The van der Waals surface area contributed by atoms with Gasteiger partial charge in [0.2, 0.25) is 5.91 Å². The number of aliphatic carboxylic acids is 3. The third kappa shape index (κ3) is 17.5. The van der Waals surface area contributed by atoms with Gasteiger partial charge in [0.15, 0.2) is 0 Å². The first kappa shape index (κ1) is 40.7. The van der Waals surface area contributed by atoms with E-state index in [0.717, 1.165) is 69.8 Å². The quantitative estimate of drug-likeness (QED) is 0.0748. The number of aryl methyl sites for hydroxylation is 2. The topological polar surface area (TPSA) is 221 Å². The van der Waals surface area contributed by atoms with Gasteiger partial charge in [-0.1, -0.05) is 38.5 Å². The monoisotopic (exact) mass is 690 g/mol. The summed E-state index contributed by atoms with van der Waals surface area (Å²) in [6.07, 6.45) is 16.9. The lowest BCUT2D eigenvalue weighted by Crippen LogP contribution is -2.51. The number of carboxylic acid groups (broad SMARTS) is 3. The minimum Gasteiger partial charge on any atom is -0.481 e. The molecule has 0 aliphatic heterocycles. The van der Waals surface area contributed by atoms with Crippen LogP contribution in [-0.4, -0.2) is 94.3 Å². The zero-order valence-corrected chi connectivity index (χ0v) is 28.8. The summed E-state index contributed by atoms with van der Waals surface area (Å²) in [5.74, 6) is -1.88. The molecule has 3 amide bonds. The number of nitrogens with one attached hydrogen (secondary N) is 3. The number of urea groups is 1. The highest BCUT2D eigenvalue weighted by Gasteiger charge is 2.24. The third-order valence-corrected chi connectivity index (χ3v) is 8.30. The van der Waals surface area contributed by atoms with Crippen molar-refractivity contribution in [3.8, 4) is 0 Å². The van der Waals surface area contributed by atoms with Gasteiger partial charge in [-0.25, -0.2) is 24.4 Å². The lowest BCUT2D eigenvalue weighted by Gasteiger charge is -2.21. The second-order valence-corrected chi connectivity index (χ2v) is 12.4. The first-order chi connectivity index (χ1) is 23.5. The molecule has 0 aliphatic rings. The average Bonchev–Trinajstić information content (AvgIpc) is 3.65. The van der Waals surface area contributed by atoms with Crippen LogP contribution in [0.25, 0.3) is 0 Å². The maximum atomic E-state index is 12.2. The third-order valence-electron chi connectivity index (χ3n) is 8.30. The molecule has 0 fully saturated rings. The lowest BCUT2D eigenvalue weighted by atomic mass is 10.1. The molecule has 49 heavy (non-hydrogen) atoms. The molecule has 16 heteroatoms. The van der Waals surface area contributed by atoms with E-state index in [9.17, 15) is 29.1 Å². The summed E-state index contributed by atoms with van der Waals surface area (Å²) in [4.78, 5) is 69.1. The standard InChI is InChI=1S/C33H54N8O8/c1-39-21-18-34-27(39)23-41(24-28-35-19-22-40(28)2)20-12-8-6-4-3-5-7-9-14-29(42)36-17-11-10-13-25(31(45)46)37-33(49)38-26(32(47)48)15-16-30(43)44/h18-19,21-22,25-26H,3-17,20,23-24H2,1-2H3,(H,36,42)(H,43,44)(H,45,46)(H,47,48)(H2,37,38,49)/t25?,26-/m0/s1. The number of carbonyl (C=O) groups excluding carboxylic acids is 2. The smallest absolute Gasteiger partial charge is 0.326 e. The first-order valence-corrected chi connectivity index (χ1v) is 17.1. The molecule has 0 saturated carbocycles. The number of carboxylic acids is 3. The van der Waals surface area contributed by atoms with E-state index in [1.54, 1.807) is 0 Å². The van der Waals surface area contributed by atoms with Crippen molar-refractivity contribution < 1.29 is 39.3 Å². The van der Waals surface area contributed by atoms with E-state index in [4.69, 9.17) is 10.2 Å². The van der Waals surface area contributed by atoms with E-state index in [-0.39, 0.29) is 18.7 Å². The van der Waals surface area contributed by atoms with E-state index in [2.05, 4.69) is 40.0 Å². The maximum Gasteiger partial charge on any atom is 0.326 e. The molecule has 2 atom stereocenters. The predicted octanol–water partition coefficient (Wildman–Crippen LogP) is 3.02. The molecule has 0 aromatic carbocycles. The van der Waals surface area contributed by atoms with Gasteiger partial charge in [0.05, 0.1) is 13.1 Å². The molecule has 2 aromatic rings. The van der Waals surface area contributed by atoms with Crippen LogP contribution < -0.4 is 16.0 Å². The molecule has 0 saturated heterocycles. The summed E-state index contributed by atoms with van der Waals surface area (Å²) in [6.45, 7) is 2.93. The van der Waals surface area contributed by atoms with Crippen LogP contribution in [0.2, 0.25) is 0 Å². The first-order valence-electron chi connectivity index (χ1n) is 17.1. The van der Waals surface area contributed by atoms with E-state index < -0.39 is 42.4 Å². The fourth-order valence-corrected chi connectivity index (χ4v) is 5.32. The molecule has 2 rings (SSSR count). The second kappa shape index (κ2) is 23.0. The number of hydrogen-bond acceptors (Lipinski definition) is 8. The van der Waals surface area contributed by atoms with Crippen LogP contribution in [0.15, 0.2) is 24.8 Å². The van der Waals surface area contributed by atoms with Crippen LogP contribution in [0, 0.1) is 0 Å². The van der Waals surface area contributed by atoms with Gasteiger partial charge in [-0.05, 0) is 45.1 Å². The second-order valence-electron chi connectivity index (χ2n) is 12.4. The summed E-state index contributed by atoms with van der Waals surface area (Å²) in [6, 6.07) is -3.72. The molecule has 1 unspecified atom stereocenters. The SMILES string of the molecule is Cn1ccnc1CN(CCCCCCCCCCC(=O)NCCCCC(NC(=O)N[C@@H](CCC(=O)O)C(=O)O)C(=O)O)Cc1nccn1C. The Bertz CT molecular complexity index is 1270. The number of carbonyl (C=O) groups is 5. The summed E-state index contributed by atoms with van der Waals surface area (Å²) in [5, 5.41) is 34.4. The van der Waals surface area contributed by atoms with Crippen molar-refractivity contribution in [2.75, 3.05) is 13.1 Å². The fraction of sp³-hybridized carbons (Fsp3) is 0.667. The Morgan fingerprint density at radius 1 is 0.694 bits per heavy atom. The van der Waals surface area contributed by atoms with Crippen molar-refractivity contribution in [2.24, 2.45) is 14.1 Å². The van der Waals surface area contributed by atoms with Gasteiger partial charge < -0.3 is 40.4 Å². The lowest BCUT2D eigenvalue weighted by molar-refractivity contribution is -0.140. The molecule has 6 N–H and O–H groups in total. The molecule has 2 heterocycles.